The summed E-state index contributed by atoms with van der Waals surface area (Å²) in [4.78, 5) is 14.6. The first kappa shape index (κ1) is 16.1. The first-order chi connectivity index (χ1) is 10.3. The van der Waals surface area contributed by atoms with Gasteiger partial charge in [-0.15, -0.1) is 0 Å². The quantitative estimate of drug-likeness (QED) is 0.876. The normalized spacial score (nSPS) is 12.8. The van der Waals surface area contributed by atoms with Crippen LogP contribution in [0.5, 0.6) is 0 Å². The van der Waals surface area contributed by atoms with Crippen molar-refractivity contribution in [2.45, 2.75) is 17.9 Å². The van der Waals surface area contributed by atoms with Gasteiger partial charge >= 0.3 is 5.97 Å². The average Bonchev–Trinajstić information content (AvgIpc) is 2.47. The summed E-state index contributed by atoms with van der Waals surface area (Å²) in [6.45, 7) is 1.60. The highest BCUT2D eigenvalue weighted by Crippen LogP contribution is 2.18. The fourth-order valence-electron chi connectivity index (χ4n) is 1.83. The van der Waals surface area contributed by atoms with Crippen molar-refractivity contribution in [1.82, 2.24) is 9.71 Å². The van der Waals surface area contributed by atoms with E-state index in [1.54, 1.807) is 25.1 Å². The van der Waals surface area contributed by atoms with Crippen LogP contribution in [0.4, 0.5) is 4.39 Å². The summed E-state index contributed by atoms with van der Waals surface area (Å²) in [7, 11) is -4.00. The molecule has 0 aliphatic carbocycles. The Bertz CT molecular complexity index is 794. The van der Waals surface area contributed by atoms with Gasteiger partial charge in [0.15, 0.2) is 0 Å². The molecule has 116 valence electrons. The van der Waals surface area contributed by atoms with Gasteiger partial charge in [0, 0.05) is 6.20 Å². The van der Waals surface area contributed by atoms with Crippen molar-refractivity contribution in [3.05, 3.63) is 59.7 Å². The number of aromatic nitrogens is 1. The Labute approximate surface area is 126 Å². The van der Waals surface area contributed by atoms with Crippen LogP contribution in [-0.2, 0) is 10.0 Å². The Kier molecular flexibility index (Phi) is 4.53. The molecule has 1 aromatic carbocycles. The van der Waals surface area contributed by atoms with Crippen LogP contribution in [0.15, 0.2) is 47.5 Å². The van der Waals surface area contributed by atoms with E-state index in [4.69, 9.17) is 5.11 Å². The lowest BCUT2D eigenvalue weighted by Crippen LogP contribution is -2.27. The predicted molar refractivity (Wildman–Crippen MR) is 76.3 cm³/mol. The molecule has 0 aliphatic rings. The molecule has 2 rings (SSSR count). The first-order valence-corrected chi connectivity index (χ1v) is 7.75. The van der Waals surface area contributed by atoms with Crippen LogP contribution in [0.2, 0.25) is 0 Å². The summed E-state index contributed by atoms with van der Waals surface area (Å²) in [5.41, 5.74) is -0.194. The van der Waals surface area contributed by atoms with E-state index < -0.39 is 33.4 Å². The van der Waals surface area contributed by atoms with Gasteiger partial charge in [-0.3, -0.25) is 4.98 Å². The van der Waals surface area contributed by atoms with Crippen molar-refractivity contribution < 1.29 is 22.7 Å². The minimum absolute atomic E-state index is 0.325. The summed E-state index contributed by atoms with van der Waals surface area (Å²) < 4.78 is 40.2. The Morgan fingerprint density at radius 3 is 2.64 bits per heavy atom. The van der Waals surface area contributed by atoms with E-state index in [9.17, 15) is 17.6 Å². The number of pyridine rings is 1. The van der Waals surface area contributed by atoms with Crippen LogP contribution in [0.25, 0.3) is 0 Å². The molecule has 22 heavy (non-hydrogen) atoms. The summed E-state index contributed by atoms with van der Waals surface area (Å²) in [6.07, 6.45) is 1.53. The minimum atomic E-state index is -4.00. The lowest BCUT2D eigenvalue weighted by atomic mass is 10.2. The number of nitrogens with zero attached hydrogens (tertiary/aromatic N) is 1. The summed E-state index contributed by atoms with van der Waals surface area (Å²) >= 11 is 0. The van der Waals surface area contributed by atoms with E-state index >= 15 is 0 Å². The summed E-state index contributed by atoms with van der Waals surface area (Å²) in [5.74, 6) is -2.53. The number of hydrogen-bond acceptors (Lipinski definition) is 4. The molecule has 8 heteroatoms. The highest BCUT2D eigenvalue weighted by Gasteiger charge is 2.22. The number of carboxylic acid groups (broad SMARTS) is 1. The average molecular weight is 324 g/mol. The van der Waals surface area contributed by atoms with Crippen LogP contribution < -0.4 is 4.72 Å². The lowest BCUT2D eigenvalue weighted by molar-refractivity contribution is 0.0691. The van der Waals surface area contributed by atoms with Gasteiger partial charge in [-0.05, 0) is 37.3 Å². The topological polar surface area (TPSA) is 96.4 Å². The van der Waals surface area contributed by atoms with Crippen molar-refractivity contribution in [2.75, 3.05) is 0 Å². The maximum absolute atomic E-state index is 13.3. The SMILES string of the molecule is CC(NS(=O)(=O)c1ccc(F)c(C(=O)O)c1)c1ccccn1. The number of nitrogens with one attached hydrogen (secondary N) is 1. The van der Waals surface area contributed by atoms with Gasteiger partial charge in [-0.1, -0.05) is 6.07 Å². The monoisotopic (exact) mass is 324 g/mol. The zero-order valence-electron chi connectivity index (χ0n) is 11.5. The Hall–Kier alpha value is -2.32. The second-order valence-electron chi connectivity index (χ2n) is 4.54. The third-order valence-electron chi connectivity index (χ3n) is 2.94. The molecule has 1 unspecified atom stereocenters. The number of carbonyl (C=O) groups is 1. The van der Waals surface area contributed by atoms with Crippen molar-refractivity contribution in [3.8, 4) is 0 Å². The van der Waals surface area contributed by atoms with Gasteiger partial charge in [0.25, 0.3) is 0 Å². The fraction of sp³-hybridized carbons (Fsp3) is 0.143. The van der Waals surface area contributed by atoms with Crippen LogP contribution in [0.3, 0.4) is 0 Å². The van der Waals surface area contributed by atoms with Gasteiger partial charge in [0.2, 0.25) is 10.0 Å². The first-order valence-electron chi connectivity index (χ1n) is 6.27. The molecule has 0 saturated carbocycles. The number of benzene rings is 1. The van der Waals surface area contributed by atoms with E-state index in [0.29, 0.717) is 5.69 Å². The Morgan fingerprint density at radius 2 is 2.05 bits per heavy atom. The van der Waals surface area contributed by atoms with Gasteiger partial charge < -0.3 is 5.11 Å². The molecule has 0 fully saturated rings. The smallest absolute Gasteiger partial charge is 0.338 e. The molecule has 6 nitrogen and oxygen atoms in total. The zero-order valence-corrected chi connectivity index (χ0v) is 12.3. The van der Waals surface area contributed by atoms with Crippen LogP contribution in [0.1, 0.15) is 29.0 Å². The number of sulfonamides is 1. The lowest BCUT2D eigenvalue weighted by Gasteiger charge is -2.14. The molecule has 1 heterocycles. The largest absolute Gasteiger partial charge is 0.478 e. The van der Waals surface area contributed by atoms with Crippen LogP contribution in [0, 0.1) is 5.82 Å². The van der Waals surface area contributed by atoms with Gasteiger partial charge in [0.1, 0.15) is 5.82 Å². The van der Waals surface area contributed by atoms with Gasteiger partial charge in [0.05, 0.1) is 22.2 Å². The molecule has 0 bridgehead atoms. The van der Waals surface area contributed by atoms with Crippen LogP contribution in [-0.4, -0.2) is 24.5 Å². The fourth-order valence-corrected chi connectivity index (χ4v) is 3.07. The van der Waals surface area contributed by atoms with Crippen LogP contribution >= 0.6 is 0 Å². The third-order valence-corrected chi connectivity index (χ3v) is 4.48. The summed E-state index contributed by atoms with van der Waals surface area (Å²) in [6, 6.07) is 7.05. The van der Waals surface area contributed by atoms with Crippen molar-refractivity contribution in [3.63, 3.8) is 0 Å². The number of carboxylic acids is 1. The molecule has 0 saturated heterocycles. The molecule has 1 atom stereocenters. The zero-order chi connectivity index (χ0) is 16.3. The van der Waals surface area contributed by atoms with E-state index in [1.807, 2.05) is 0 Å². The van der Waals surface area contributed by atoms with E-state index in [1.165, 1.54) is 6.20 Å². The number of hydrogen-bond donors (Lipinski definition) is 2. The molecule has 2 aromatic rings. The van der Waals surface area contributed by atoms with Crippen molar-refractivity contribution in [1.29, 1.82) is 0 Å². The van der Waals surface area contributed by atoms with Crippen molar-refractivity contribution in [2.24, 2.45) is 0 Å². The molecular weight excluding hydrogens is 311 g/mol. The molecule has 1 aromatic heterocycles. The molecule has 0 aliphatic heterocycles. The molecule has 0 amide bonds. The molecule has 2 N–H and O–H groups in total. The Morgan fingerprint density at radius 1 is 1.32 bits per heavy atom. The van der Waals surface area contributed by atoms with E-state index in [0.717, 1.165) is 18.2 Å². The third kappa shape index (κ3) is 3.46. The van der Waals surface area contributed by atoms with Crippen molar-refractivity contribution >= 4 is 16.0 Å². The summed E-state index contributed by atoms with van der Waals surface area (Å²) in [5, 5.41) is 8.85. The standard InChI is InChI=1S/C14H13FN2O4S/c1-9(13-4-2-3-7-16-13)17-22(20,21)10-5-6-12(15)11(8-10)14(18)19/h2-9,17H,1H3,(H,18,19). The molecule has 0 spiro atoms. The van der Waals surface area contributed by atoms with E-state index in [2.05, 4.69) is 9.71 Å². The second-order valence-corrected chi connectivity index (χ2v) is 6.26. The minimum Gasteiger partial charge on any atom is -0.478 e. The Balaban J connectivity index is 2.31. The second kappa shape index (κ2) is 6.20. The molecular formula is C14H13FN2O4S. The van der Waals surface area contributed by atoms with E-state index in [-0.39, 0.29) is 4.90 Å². The van der Waals surface area contributed by atoms with Gasteiger partial charge in [-0.25, -0.2) is 22.3 Å². The number of rotatable bonds is 5. The highest BCUT2D eigenvalue weighted by molar-refractivity contribution is 7.89. The maximum Gasteiger partial charge on any atom is 0.338 e. The highest BCUT2D eigenvalue weighted by atomic mass is 32.2. The maximum atomic E-state index is 13.3. The predicted octanol–water partition coefficient (Wildman–Crippen LogP) is 1.96. The number of aromatic carboxylic acids is 1. The number of halogens is 1. The molecule has 0 radical (unpaired) electrons. The van der Waals surface area contributed by atoms with Gasteiger partial charge in [-0.2, -0.15) is 0 Å².